The van der Waals surface area contributed by atoms with E-state index in [-0.39, 0.29) is 76.7 Å². The molecule has 0 unspecified atom stereocenters. The molecule has 0 fully saturated rings. The van der Waals surface area contributed by atoms with Crippen LogP contribution in [0.25, 0.3) is 22.8 Å². The number of carbonyl (C=O) groups excluding carboxylic acids is 4. The van der Waals surface area contributed by atoms with Gasteiger partial charge >= 0.3 is 54.6 Å². The van der Waals surface area contributed by atoms with E-state index in [0.29, 0.717) is 24.5 Å². The number of carbonyl (C=O) groups is 4. The molecule has 272 valence electrons. The van der Waals surface area contributed by atoms with Crippen molar-refractivity contribution in [1.82, 2.24) is 39.5 Å². The molecule has 0 bridgehead atoms. The Morgan fingerprint density at radius 1 is 0.519 bits per heavy atom. The van der Waals surface area contributed by atoms with Gasteiger partial charge in [0.05, 0.1) is 37.4 Å². The Labute approximate surface area is 348 Å². The zero-order valence-corrected chi connectivity index (χ0v) is 37.3. The van der Waals surface area contributed by atoms with Crippen molar-refractivity contribution in [2.24, 2.45) is 0 Å². The van der Waals surface area contributed by atoms with Crippen LogP contribution in [0.3, 0.4) is 0 Å². The van der Waals surface area contributed by atoms with Gasteiger partial charge in [0.1, 0.15) is 22.8 Å². The standard InChI is InChI=1S/2C15H12N4O2.2C2H4O2.2Cd.2H2O/c2*20-15(21)12-3-1-11(2-4-12)10-19-8-5-13(18-19)14-9-16-6-7-17-14;2*1-2(3)4;;;;/h2*1-9H,10H2,(H,20,21);2*1H3,(H,3,4);;;2*1H2/q;;;;2*+2;;/p-2. The fourth-order valence-corrected chi connectivity index (χ4v) is 3.90. The smallest absolute Gasteiger partial charge is 0.550 e. The van der Waals surface area contributed by atoms with E-state index in [4.69, 9.17) is 19.8 Å². The molecule has 6 N–H and O–H groups in total. The predicted octanol–water partition coefficient (Wildman–Crippen LogP) is -2.83. The summed E-state index contributed by atoms with van der Waals surface area (Å²) in [4.78, 5) is 55.6. The van der Waals surface area contributed by atoms with Crippen molar-refractivity contribution in [3.05, 3.63) is 132 Å². The molecule has 0 aliphatic rings. The molecule has 18 nitrogen and oxygen atoms in total. The molecular formula is C34H34Cd2N8O10+2. The van der Waals surface area contributed by atoms with Crippen LogP contribution < -0.4 is 20.4 Å². The largest absolute Gasteiger partial charge is 2.00 e. The number of benzene rings is 2. The number of hydrogen-bond acceptors (Lipinski definition) is 14. The van der Waals surface area contributed by atoms with Gasteiger partial charge in [-0.3, -0.25) is 29.3 Å². The molecule has 0 saturated carbocycles. The van der Waals surface area contributed by atoms with Crippen LogP contribution in [-0.4, -0.2) is 63.4 Å². The minimum atomic E-state index is -1.18. The van der Waals surface area contributed by atoms with Crippen LogP contribution in [-0.2, 0) is 88.2 Å². The van der Waals surface area contributed by atoms with E-state index < -0.39 is 23.9 Å². The minimum absolute atomic E-state index is 0. The van der Waals surface area contributed by atoms with E-state index in [1.54, 1.807) is 70.8 Å². The van der Waals surface area contributed by atoms with Crippen molar-refractivity contribution in [1.29, 1.82) is 0 Å². The Morgan fingerprint density at radius 2 is 0.833 bits per heavy atom. The summed E-state index contributed by atoms with van der Waals surface area (Å²) < 4.78 is 3.52. The maximum Gasteiger partial charge on any atom is 2.00 e. The Balaban J connectivity index is 0. The van der Waals surface area contributed by atoms with Crippen LogP contribution in [0.4, 0.5) is 0 Å². The molecule has 6 aromatic rings. The first-order valence-corrected chi connectivity index (χ1v) is 14.5. The molecule has 0 radical (unpaired) electrons. The van der Waals surface area contributed by atoms with Crippen molar-refractivity contribution in [3.8, 4) is 22.8 Å². The number of nitrogens with zero attached hydrogens (tertiary/aromatic N) is 8. The first-order chi connectivity index (χ1) is 23.9. The Hall–Kier alpha value is -5.34. The van der Waals surface area contributed by atoms with Crippen LogP contribution in [0.1, 0.15) is 45.7 Å². The van der Waals surface area contributed by atoms with Gasteiger partial charge in [-0.25, -0.2) is 0 Å². The molecule has 0 atom stereocenters. The van der Waals surface area contributed by atoms with Crippen molar-refractivity contribution >= 4 is 23.9 Å². The topological polar surface area (TPSA) is 314 Å². The summed E-state index contributed by atoms with van der Waals surface area (Å²) in [6.45, 7) is 3.04. The van der Waals surface area contributed by atoms with E-state index in [9.17, 15) is 19.8 Å². The summed E-state index contributed by atoms with van der Waals surface area (Å²) in [5.41, 5.74) is 5.15. The summed E-state index contributed by atoms with van der Waals surface area (Å²) in [6, 6.07) is 16.8. The average molecular weight is 940 g/mol. The number of aliphatic carboxylic acids is 2. The number of aromatic carboxylic acids is 2. The van der Waals surface area contributed by atoms with Crippen LogP contribution in [0, 0.1) is 0 Å². The number of rotatable bonds is 8. The van der Waals surface area contributed by atoms with Crippen LogP contribution in [0.2, 0.25) is 0 Å². The number of aromatic nitrogens is 8. The average Bonchev–Trinajstić information content (AvgIpc) is 3.76. The van der Waals surface area contributed by atoms with E-state index in [0.717, 1.165) is 36.4 Å². The van der Waals surface area contributed by atoms with Crippen molar-refractivity contribution in [3.63, 3.8) is 0 Å². The minimum Gasteiger partial charge on any atom is -0.550 e. The first-order valence-electron chi connectivity index (χ1n) is 14.5. The Morgan fingerprint density at radius 3 is 1.09 bits per heavy atom. The molecule has 2 aromatic carbocycles. The molecule has 54 heavy (non-hydrogen) atoms. The quantitative estimate of drug-likeness (QED) is 0.110. The normalized spacial score (nSPS) is 9.07. The van der Waals surface area contributed by atoms with E-state index >= 15 is 0 Å². The van der Waals surface area contributed by atoms with Crippen LogP contribution in [0.15, 0.2) is 110 Å². The molecule has 0 aliphatic carbocycles. The summed E-state index contributed by atoms with van der Waals surface area (Å²) >= 11 is 0. The molecule has 0 aliphatic heterocycles. The maximum absolute atomic E-state index is 10.7. The van der Waals surface area contributed by atoms with Gasteiger partial charge in [-0.2, -0.15) is 10.2 Å². The van der Waals surface area contributed by atoms with E-state index in [2.05, 4.69) is 30.1 Å². The molecule has 20 heteroatoms. The molecule has 4 heterocycles. The Kier molecular flexibility index (Phi) is 24.9. The van der Waals surface area contributed by atoms with Gasteiger partial charge in [-0.15, -0.1) is 0 Å². The third kappa shape index (κ3) is 18.4. The zero-order chi connectivity index (χ0) is 36.5. The summed E-state index contributed by atoms with van der Waals surface area (Å²) in [5, 5.41) is 48.0. The zero-order valence-electron chi connectivity index (χ0n) is 29.2. The van der Waals surface area contributed by atoms with Crippen molar-refractivity contribution in [2.75, 3.05) is 0 Å². The van der Waals surface area contributed by atoms with Gasteiger partial charge in [0.25, 0.3) is 0 Å². The third-order valence-corrected chi connectivity index (χ3v) is 6.00. The maximum atomic E-state index is 10.7. The number of hydrogen-bond donors (Lipinski definition) is 0. The molecule has 6 rings (SSSR count). The second-order valence-electron chi connectivity index (χ2n) is 9.93. The van der Waals surface area contributed by atoms with Gasteiger partial charge in [0.2, 0.25) is 0 Å². The van der Waals surface area contributed by atoms with E-state index in [1.165, 1.54) is 24.3 Å². The molecule has 0 spiro atoms. The SMILES string of the molecule is CC(=O)[O-].CC(=O)[O-].O=C([O-])c1ccc(Cn2ccc(-c3cnccn3)n2)cc1.O=C([O-])c1ccc(Cn2ccc(-c3cnccn3)n2)cc1.[Cd+2].[Cd+2].[OH3+].[OH3+]. The molecule has 4 aromatic heterocycles. The fraction of sp³-hybridized carbons (Fsp3) is 0.118. The molecular weight excluding hydrogens is 905 g/mol. The summed E-state index contributed by atoms with van der Waals surface area (Å²) in [6.07, 6.45) is 13.5. The summed E-state index contributed by atoms with van der Waals surface area (Å²) in [5.74, 6) is -4.52. The monoisotopic (exact) mass is 942 g/mol. The molecule has 0 amide bonds. The number of carboxylic acid groups (broad SMARTS) is 4. The van der Waals surface area contributed by atoms with Gasteiger partial charge in [0.15, 0.2) is 0 Å². The second-order valence-corrected chi connectivity index (χ2v) is 9.93. The Bertz CT molecular complexity index is 1840. The summed E-state index contributed by atoms with van der Waals surface area (Å²) in [7, 11) is 0. The van der Waals surface area contributed by atoms with Crippen molar-refractivity contribution in [2.45, 2.75) is 26.9 Å². The fourth-order valence-electron chi connectivity index (χ4n) is 3.90. The first kappa shape index (κ1) is 50.8. The van der Waals surface area contributed by atoms with Gasteiger partial charge < -0.3 is 50.6 Å². The van der Waals surface area contributed by atoms with E-state index in [1.807, 2.05) is 24.5 Å². The van der Waals surface area contributed by atoms with Crippen LogP contribution >= 0.6 is 0 Å². The molecule has 0 saturated heterocycles. The second kappa shape index (κ2) is 26.4. The number of carboxylic acids is 4. The van der Waals surface area contributed by atoms with Gasteiger partial charge in [-0.05, 0) is 48.2 Å². The van der Waals surface area contributed by atoms with Crippen LogP contribution in [0.5, 0.6) is 0 Å². The predicted molar refractivity (Wildman–Crippen MR) is 177 cm³/mol. The third-order valence-electron chi connectivity index (χ3n) is 6.00. The van der Waals surface area contributed by atoms with Gasteiger partial charge in [-0.1, -0.05) is 48.5 Å². The van der Waals surface area contributed by atoms with Gasteiger partial charge in [0, 0.05) is 49.1 Å². The van der Waals surface area contributed by atoms with Crippen molar-refractivity contribution < 1.29 is 105 Å².